The summed E-state index contributed by atoms with van der Waals surface area (Å²) in [5.74, 6) is 0. The number of aromatic nitrogens is 5. The van der Waals surface area contributed by atoms with Crippen LogP contribution in [0.2, 0.25) is 10.0 Å². The van der Waals surface area contributed by atoms with Gasteiger partial charge in [0.2, 0.25) is 0 Å². The minimum atomic E-state index is -1.31. The fourth-order valence-electron chi connectivity index (χ4n) is 2.00. The van der Waals surface area contributed by atoms with E-state index in [2.05, 4.69) is 25.4 Å². The molecule has 0 saturated heterocycles. The summed E-state index contributed by atoms with van der Waals surface area (Å²) in [5, 5.41) is 11.6. The highest BCUT2D eigenvalue weighted by molar-refractivity contribution is 7.84. The number of hydrogen-bond acceptors (Lipinski definition) is 5. The van der Waals surface area contributed by atoms with Crippen LogP contribution in [0, 0.1) is 0 Å². The molecule has 0 aliphatic heterocycles. The number of nitrogens with one attached hydrogen (secondary N) is 1. The lowest BCUT2D eigenvalue weighted by Crippen LogP contribution is -2.01. The van der Waals surface area contributed by atoms with Crippen LogP contribution in [-0.4, -0.2) is 35.8 Å². The first-order chi connectivity index (χ1) is 10.6. The van der Waals surface area contributed by atoms with E-state index >= 15 is 0 Å². The van der Waals surface area contributed by atoms with Crippen molar-refractivity contribution in [3.63, 3.8) is 0 Å². The van der Waals surface area contributed by atoms with Crippen molar-refractivity contribution >= 4 is 34.0 Å². The Bertz CT molecular complexity index is 854. The Hall–Kier alpha value is -1.83. The van der Waals surface area contributed by atoms with Crippen LogP contribution in [0.4, 0.5) is 0 Å². The normalized spacial score (nSPS) is 12.3. The molecule has 1 N–H and O–H groups in total. The molecule has 6 nitrogen and oxygen atoms in total. The molecule has 9 heteroatoms. The Morgan fingerprint density at radius 3 is 2.64 bits per heavy atom. The molecule has 0 radical (unpaired) electrons. The Labute approximate surface area is 138 Å². The largest absolute Gasteiger partial charge is 0.253 e. The van der Waals surface area contributed by atoms with Gasteiger partial charge in [-0.25, -0.2) is 9.97 Å². The quantitative estimate of drug-likeness (QED) is 0.731. The molecule has 3 rings (SSSR count). The van der Waals surface area contributed by atoms with Crippen molar-refractivity contribution in [2.45, 2.75) is 5.03 Å². The van der Waals surface area contributed by atoms with E-state index in [-0.39, 0.29) is 0 Å². The van der Waals surface area contributed by atoms with Crippen molar-refractivity contribution in [1.82, 2.24) is 25.4 Å². The van der Waals surface area contributed by atoms with Crippen molar-refractivity contribution in [2.24, 2.45) is 0 Å². The lowest BCUT2D eigenvalue weighted by molar-refractivity contribution is 0.684. The monoisotopic (exact) mass is 353 g/mol. The minimum Gasteiger partial charge on any atom is -0.253 e. The maximum Gasteiger partial charge on any atom is 0.140 e. The molecule has 0 aliphatic rings. The fourth-order valence-corrected chi connectivity index (χ4v) is 2.98. The van der Waals surface area contributed by atoms with E-state index in [1.807, 2.05) is 0 Å². The lowest BCUT2D eigenvalue weighted by atomic mass is 10.1. The van der Waals surface area contributed by atoms with Gasteiger partial charge in [0.25, 0.3) is 0 Å². The zero-order valence-corrected chi connectivity index (χ0v) is 13.6. The third-order valence-corrected chi connectivity index (χ3v) is 4.54. The average molecular weight is 354 g/mol. The third kappa shape index (κ3) is 2.75. The number of nitrogens with zero attached hydrogens (tertiary/aromatic N) is 4. The second-order valence-corrected chi connectivity index (χ2v) is 6.45. The number of hydrogen-bond donors (Lipinski definition) is 1. The average Bonchev–Trinajstić information content (AvgIpc) is 3.03. The molecule has 0 bridgehead atoms. The van der Waals surface area contributed by atoms with Crippen molar-refractivity contribution < 1.29 is 4.21 Å². The molecular formula is C13H9Cl2N5OS. The van der Waals surface area contributed by atoms with E-state index in [0.29, 0.717) is 32.0 Å². The Morgan fingerprint density at radius 2 is 2.00 bits per heavy atom. The molecule has 2 aromatic heterocycles. The van der Waals surface area contributed by atoms with Gasteiger partial charge in [-0.15, -0.1) is 0 Å². The van der Waals surface area contributed by atoms with Crippen LogP contribution in [0.3, 0.4) is 0 Å². The highest BCUT2D eigenvalue weighted by atomic mass is 35.5. The van der Waals surface area contributed by atoms with Crippen molar-refractivity contribution in [1.29, 1.82) is 0 Å². The first-order valence-electron chi connectivity index (χ1n) is 6.08. The van der Waals surface area contributed by atoms with Gasteiger partial charge in [0.1, 0.15) is 17.0 Å². The fraction of sp³-hybridized carbons (Fsp3) is 0.0769. The number of H-pyrrole nitrogens is 1. The Morgan fingerprint density at radius 1 is 1.18 bits per heavy atom. The molecule has 2 heterocycles. The van der Waals surface area contributed by atoms with Crippen LogP contribution in [-0.2, 0) is 10.8 Å². The van der Waals surface area contributed by atoms with Crippen LogP contribution >= 0.6 is 23.2 Å². The van der Waals surface area contributed by atoms with Gasteiger partial charge in [-0.1, -0.05) is 29.3 Å². The smallest absolute Gasteiger partial charge is 0.140 e. The van der Waals surface area contributed by atoms with Crippen molar-refractivity contribution in [3.05, 3.63) is 40.8 Å². The first-order valence-corrected chi connectivity index (χ1v) is 8.39. The van der Waals surface area contributed by atoms with Gasteiger partial charge in [0.05, 0.1) is 38.3 Å². The van der Waals surface area contributed by atoms with Crippen LogP contribution < -0.4 is 0 Å². The summed E-state index contributed by atoms with van der Waals surface area (Å²) in [6.45, 7) is 0. The molecule has 1 aromatic carbocycles. The highest BCUT2D eigenvalue weighted by Gasteiger charge is 2.20. The van der Waals surface area contributed by atoms with Gasteiger partial charge in [-0.05, 0) is 12.1 Å². The maximum absolute atomic E-state index is 12.0. The summed E-state index contributed by atoms with van der Waals surface area (Å²) in [4.78, 5) is 8.40. The van der Waals surface area contributed by atoms with Crippen molar-refractivity contribution in [2.75, 3.05) is 6.26 Å². The summed E-state index contributed by atoms with van der Waals surface area (Å²) < 4.78 is 12.0. The predicted octanol–water partition coefficient (Wildman–Crippen LogP) is 2.97. The van der Waals surface area contributed by atoms with Crippen LogP contribution in [0.15, 0.2) is 35.7 Å². The highest BCUT2D eigenvalue weighted by Crippen LogP contribution is 2.34. The van der Waals surface area contributed by atoms with E-state index in [1.54, 1.807) is 24.5 Å². The molecule has 112 valence electrons. The standard InChI is InChI=1S/C13H9Cl2N5OS/c1-22(21)13-11(10-5-18-20-19-10)12(16-6-17-13)7-2-3-8(14)9(15)4-7/h2-6H,1H3,(H,18,19,20). The van der Waals surface area contributed by atoms with Gasteiger partial charge in [-0.2, -0.15) is 15.4 Å². The predicted molar refractivity (Wildman–Crippen MR) is 85.2 cm³/mol. The van der Waals surface area contributed by atoms with Gasteiger partial charge in [0, 0.05) is 11.8 Å². The minimum absolute atomic E-state index is 0.380. The first kappa shape index (κ1) is 15.1. The Kier molecular flexibility index (Phi) is 4.19. The molecule has 3 aromatic rings. The van der Waals surface area contributed by atoms with E-state index < -0.39 is 10.8 Å². The summed E-state index contributed by atoms with van der Waals surface area (Å²) in [6.07, 6.45) is 4.43. The summed E-state index contributed by atoms with van der Waals surface area (Å²) >= 11 is 12.0. The third-order valence-electron chi connectivity index (χ3n) is 2.95. The lowest BCUT2D eigenvalue weighted by Gasteiger charge is -2.10. The van der Waals surface area contributed by atoms with E-state index in [9.17, 15) is 4.21 Å². The van der Waals surface area contributed by atoms with E-state index in [0.717, 1.165) is 5.56 Å². The Balaban J connectivity index is 2.29. The van der Waals surface area contributed by atoms with Crippen molar-refractivity contribution in [3.8, 4) is 22.5 Å². The molecule has 1 unspecified atom stereocenters. The van der Waals surface area contributed by atoms with Crippen LogP contribution in [0.25, 0.3) is 22.5 Å². The molecule has 1 atom stereocenters. The summed E-state index contributed by atoms with van der Waals surface area (Å²) in [5.41, 5.74) is 2.34. The zero-order valence-electron chi connectivity index (χ0n) is 11.2. The summed E-state index contributed by atoms with van der Waals surface area (Å²) in [7, 11) is -1.31. The number of halogens is 2. The molecule has 0 amide bonds. The maximum atomic E-state index is 12.0. The van der Waals surface area contributed by atoms with Gasteiger partial charge in [0.15, 0.2) is 0 Å². The topological polar surface area (TPSA) is 84.4 Å². The molecular weight excluding hydrogens is 345 g/mol. The second-order valence-electron chi connectivity index (χ2n) is 4.34. The molecule has 22 heavy (non-hydrogen) atoms. The van der Waals surface area contributed by atoms with Gasteiger partial charge < -0.3 is 0 Å². The SMILES string of the molecule is CS(=O)c1ncnc(-c2ccc(Cl)c(Cl)c2)c1-c1cn[nH]n1. The molecule has 0 saturated carbocycles. The van der Waals surface area contributed by atoms with E-state index in [1.165, 1.54) is 12.5 Å². The van der Waals surface area contributed by atoms with Gasteiger partial charge in [-0.3, -0.25) is 4.21 Å². The molecule has 0 fully saturated rings. The molecule has 0 aliphatic carbocycles. The zero-order chi connectivity index (χ0) is 15.7. The number of aromatic amines is 1. The molecule has 0 spiro atoms. The number of benzene rings is 1. The van der Waals surface area contributed by atoms with Crippen LogP contribution in [0.1, 0.15) is 0 Å². The number of rotatable bonds is 3. The summed E-state index contributed by atoms with van der Waals surface area (Å²) in [6, 6.07) is 5.15. The van der Waals surface area contributed by atoms with E-state index in [4.69, 9.17) is 23.2 Å². The van der Waals surface area contributed by atoms with Gasteiger partial charge >= 0.3 is 0 Å². The van der Waals surface area contributed by atoms with Crippen LogP contribution in [0.5, 0.6) is 0 Å². The second kappa shape index (κ2) is 6.12.